The van der Waals surface area contributed by atoms with Crippen LogP contribution in [0.2, 0.25) is 5.02 Å². The molecule has 0 radical (unpaired) electrons. The van der Waals surface area contributed by atoms with Gasteiger partial charge in [0.1, 0.15) is 23.7 Å². The van der Waals surface area contributed by atoms with E-state index in [2.05, 4.69) is 20.2 Å². The van der Waals surface area contributed by atoms with Crippen LogP contribution in [-0.4, -0.2) is 53.6 Å². The van der Waals surface area contributed by atoms with Gasteiger partial charge < -0.3 is 19.9 Å². The standard InChI is InChI=1S/C24H25ClFN5O2/c25-18-11-16(5-6-19(18)26)29-24-17-12-21-22(13-20(17)27-15-28-24)33-14-23(32)31(21)10-4-9-30-7-2-1-3-8-30/h5-6,11-13,15H,1-4,7-10,14H2,(H,27,28,29). The number of nitrogens with zero attached hydrogens (tertiary/aromatic N) is 4. The first-order valence-electron chi connectivity index (χ1n) is 11.2. The fourth-order valence-corrected chi connectivity index (χ4v) is 4.62. The fourth-order valence-electron chi connectivity index (χ4n) is 4.44. The highest BCUT2D eigenvalue weighted by atomic mass is 35.5. The van der Waals surface area contributed by atoms with Crippen LogP contribution in [0, 0.1) is 5.82 Å². The van der Waals surface area contributed by atoms with Gasteiger partial charge in [0, 0.05) is 23.7 Å². The molecule has 5 rings (SSSR count). The van der Waals surface area contributed by atoms with Crippen molar-refractivity contribution in [3.8, 4) is 5.75 Å². The summed E-state index contributed by atoms with van der Waals surface area (Å²) in [5, 5.41) is 3.94. The van der Waals surface area contributed by atoms with Crippen molar-refractivity contribution in [2.24, 2.45) is 0 Å². The highest BCUT2D eigenvalue weighted by molar-refractivity contribution is 6.31. The van der Waals surface area contributed by atoms with Gasteiger partial charge in [-0.05, 0) is 63.2 Å². The van der Waals surface area contributed by atoms with Crippen molar-refractivity contribution in [2.45, 2.75) is 25.7 Å². The van der Waals surface area contributed by atoms with E-state index in [9.17, 15) is 9.18 Å². The minimum Gasteiger partial charge on any atom is -0.481 e. The van der Waals surface area contributed by atoms with Gasteiger partial charge in [-0.3, -0.25) is 4.79 Å². The van der Waals surface area contributed by atoms with Crippen molar-refractivity contribution < 1.29 is 13.9 Å². The summed E-state index contributed by atoms with van der Waals surface area (Å²) in [6, 6.07) is 8.11. The predicted molar refractivity (Wildman–Crippen MR) is 127 cm³/mol. The zero-order valence-corrected chi connectivity index (χ0v) is 18.9. The van der Waals surface area contributed by atoms with Gasteiger partial charge in [-0.2, -0.15) is 0 Å². The minimum absolute atomic E-state index is 0.0203. The number of hydrogen-bond acceptors (Lipinski definition) is 6. The summed E-state index contributed by atoms with van der Waals surface area (Å²) in [7, 11) is 0. The Labute approximate surface area is 196 Å². The highest BCUT2D eigenvalue weighted by Crippen LogP contribution is 2.38. The van der Waals surface area contributed by atoms with Gasteiger partial charge in [-0.1, -0.05) is 18.0 Å². The maximum Gasteiger partial charge on any atom is 0.265 e. The van der Waals surface area contributed by atoms with Crippen molar-refractivity contribution >= 4 is 45.6 Å². The molecule has 2 aliphatic heterocycles. The Kier molecular flexibility index (Phi) is 6.28. The molecule has 0 unspecified atom stereocenters. The van der Waals surface area contributed by atoms with E-state index in [1.54, 1.807) is 11.0 Å². The maximum atomic E-state index is 13.5. The van der Waals surface area contributed by atoms with Crippen LogP contribution in [0.4, 0.5) is 21.6 Å². The Bertz CT molecular complexity index is 1180. The zero-order valence-electron chi connectivity index (χ0n) is 18.2. The van der Waals surface area contributed by atoms with Gasteiger partial charge in [0.25, 0.3) is 5.91 Å². The molecular formula is C24H25ClFN5O2. The lowest BCUT2D eigenvalue weighted by atomic mass is 10.1. The molecule has 1 saturated heterocycles. The molecule has 1 N–H and O–H groups in total. The molecule has 0 aliphatic carbocycles. The molecule has 0 bridgehead atoms. The summed E-state index contributed by atoms with van der Waals surface area (Å²) in [5.74, 6) is 0.628. The Morgan fingerprint density at radius 3 is 2.76 bits per heavy atom. The molecule has 0 saturated carbocycles. The molecule has 0 atom stereocenters. The number of likely N-dealkylation sites (tertiary alicyclic amines) is 1. The zero-order chi connectivity index (χ0) is 22.8. The van der Waals surface area contributed by atoms with Crippen LogP contribution in [0.3, 0.4) is 0 Å². The third kappa shape index (κ3) is 4.72. The van der Waals surface area contributed by atoms with E-state index in [0.29, 0.717) is 35.0 Å². The average Bonchev–Trinajstić information content (AvgIpc) is 2.83. The molecule has 2 aromatic carbocycles. The third-order valence-corrected chi connectivity index (χ3v) is 6.44. The SMILES string of the molecule is O=C1COc2cc3ncnc(Nc4ccc(F)c(Cl)c4)c3cc2N1CCCN1CCCCC1. The molecule has 172 valence electrons. The number of halogens is 2. The average molecular weight is 470 g/mol. The largest absolute Gasteiger partial charge is 0.481 e. The smallest absolute Gasteiger partial charge is 0.265 e. The number of nitrogens with one attached hydrogen (secondary N) is 1. The van der Waals surface area contributed by atoms with Crippen LogP contribution in [0.25, 0.3) is 10.9 Å². The Hall–Kier alpha value is -2.97. The van der Waals surface area contributed by atoms with Crippen LogP contribution in [-0.2, 0) is 4.79 Å². The quantitative estimate of drug-likeness (QED) is 0.561. The number of rotatable bonds is 6. The second-order valence-corrected chi connectivity index (χ2v) is 8.81. The topological polar surface area (TPSA) is 70.6 Å². The van der Waals surface area contributed by atoms with Gasteiger partial charge in [-0.15, -0.1) is 0 Å². The van der Waals surface area contributed by atoms with Gasteiger partial charge in [-0.25, -0.2) is 14.4 Å². The van der Waals surface area contributed by atoms with Crippen LogP contribution in [0.1, 0.15) is 25.7 Å². The molecule has 1 aromatic heterocycles. The number of carbonyl (C=O) groups excluding carboxylic acids is 1. The van der Waals surface area contributed by atoms with Crippen molar-refractivity contribution in [1.82, 2.24) is 14.9 Å². The molecule has 33 heavy (non-hydrogen) atoms. The van der Waals surface area contributed by atoms with Crippen molar-refractivity contribution in [2.75, 3.05) is 43.0 Å². The van der Waals surface area contributed by atoms with Crippen LogP contribution in [0.5, 0.6) is 5.75 Å². The van der Waals surface area contributed by atoms with E-state index in [-0.39, 0.29) is 17.5 Å². The second kappa shape index (κ2) is 9.49. The Balaban J connectivity index is 1.41. The van der Waals surface area contributed by atoms with E-state index in [1.165, 1.54) is 37.7 Å². The Morgan fingerprint density at radius 2 is 1.94 bits per heavy atom. The number of carbonyl (C=O) groups is 1. The summed E-state index contributed by atoms with van der Waals surface area (Å²) in [5.41, 5.74) is 2.00. The molecule has 2 aliphatic rings. The molecule has 9 heteroatoms. The monoisotopic (exact) mass is 469 g/mol. The molecular weight excluding hydrogens is 445 g/mol. The third-order valence-electron chi connectivity index (χ3n) is 6.15. The van der Waals surface area contributed by atoms with Crippen LogP contribution in [0.15, 0.2) is 36.7 Å². The molecule has 0 spiro atoms. The number of fused-ring (bicyclic) bond motifs is 2. The number of amides is 1. The van der Waals surface area contributed by atoms with Gasteiger partial charge >= 0.3 is 0 Å². The van der Waals surface area contributed by atoms with Gasteiger partial charge in [0.15, 0.2) is 6.61 Å². The summed E-state index contributed by atoms with van der Waals surface area (Å²) >= 11 is 5.92. The summed E-state index contributed by atoms with van der Waals surface area (Å²) in [4.78, 5) is 25.7. The van der Waals surface area contributed by atoms with E-state index in [1.807, 2.05) is 12.1 Å². The van der Waals surface area contributed by atoms with Crippen LogP contribution >= 0.6 is 11.6 Å². The maximum absolute atomic E-state index is 13.5. The first-order chi connectivity index (χ1) is 16.1. The lowest BCUT2D eigenvalue weighted by molar-refractivity contribution is -0.121. The number of hydrogen-bond donors (Lipinski definition) is 1. The van der Waals surface area contributed by atoms with E-state index >= 15 is 0 Å². The second-order valence-electron chi connectivity index (χ2n) is 8.40. The summed E-state index contributed by atoms with van der Waals surface area (Å²) in [6.07, 6.45) is 6.16. The lowest BCUT2D eigenvalue weighted by Gasteiger charge is -2.31. The summed E-state index contributed by atoms with van der Waals surface area (Å²) in [6.45, 7) is 3.90. The molecule has 7 nitrogen and oxygen atoms in total. The van der Waals surface area contributed by atoms with E-state index in [4.69, 9.17) is 16.3 Å². The van der Waals surface area contributed by atoms with Gasteiger partial charge in [0.05, 0.1) is 16.2 Å². The first kappa shape index (κ1) is 21.9. The van der Waals surface area contributed by atoms with Crippen LogP contribution < -0.4 is 15.0 Å². The molecule has 1 fully saturated rings. The Morgan fingerprint density at radius 1 is 1.09 bits per heavy atom. The number of ether oxygens (including phenoxy) is 1. The number of benzene rings is 2. The minimum atomic E-state index is -0.486. The predicted octanol–water partition coefficient (Wildman–Crippen LogP) is 4.77. The first-order valence-corrected chi connectivity index (χ1v) is 11.6. The number of piperidine rings is 1. The molecule has 1 amide bonds. The normalized spacial score (nSPS) is 16.5. The number of aromatic nitrogens is 2. The molecule has 3 heterocycles. The molecule has 3 aromatic rings. The highest BCUT2D eigenvalue weighted by Gasteiger charge is 2.27. The van der Waals surface area contributed by atoms with Crippen molar-refractivity contribution in [1.29, 1.82) is 0 Å². The lowest BCUT2D eigenvalue weighted by Crippen LogP contribution is -2.41. The van der Waals surface area contributed by atoms with Crippen molar-refractivity contribution in [3.05, 3.63) is 47.5 Å². The van der Waals surface area contributed by atoms with Gasteiger partial charge in [0.2, 0.25) is 0 Å². The summed E-state index contributed by atoms with van der Waals surface area (Å²) < 4.78 is 19.3. The van der Waals surface area contributed by atoms with E-state index in [0.717, 1.165) is 31.4 Å². The fraction of sp³-hybridized carbons (Fsp3) is 0.375. The van der Waals surface area contributed by atoms with E-state index < -0.39 is 5.82 Å². The van der Waals surface area contributed by atoms with Crippen molar-refractivity contribution in [3.63, 3.8) is 0 Å². The number of anilines is 3.